The maximum atomic E-state index is 7.05. The highest BCUT2D eigenvalue weighted by molar-refractivity contribution is 6.99. The summed E-state index contributed by atoms with van der Waals surface area (Å²) in [4.78, 5) is 0. The highest BCUT2D eigenvalue weighted by atomic mass is 28.6. The summed E-state index contributed by atoms with van der Waals surface area (Å²) >= 11 is 0. The van der Waals surface area contributed by atoms with Crippen molar-refractivity contribution in [2.75, 3.05) is 0 Å². The molecule has 0 spiro atoms. The molecule has 0 bridgehead atoms. The van der Waals surface area contributed by atoms with Gasteiger partial charge in [0.1, 0.15) is 0 Å². The topological polar surface area (TPSA) is 342 Å². The lowest BCUT2D eigenvalue weighted by Crippen LogP contribution is -2.63. The van der Waals surface area contributed by atoms with Crippen LogP contribution in [0.5, 0.6) is 0 Å². The lowest BCUT2D eigenvalue weighted by molar-refractivity contribution is 0.243. The molecule has 0 aliphatic carbocycles. The van der Waals surface area contributed by atoms with E-state index < -0.39 is 331 Å². The van der Waals surface area contributed by atoms with Crippen molar-refractivity contribution in [2.24, 2.45) is 0 Å². The van der Waals surface area contributed by atoms with Crippen LogP contribution in [-0.4, -0.2) is 331 Å². The van der Waals surface area contributed by atoms with Crippen LogP contribution in [0.15, 0.2) is 0 Å². The zero-order chi connectivity index (χ0) is 115. The molecule has 0 amide bonds. The lowest BCUT2D eigenvalue weighted by atomic mass is 11.8. The fraction of sp³-hybridized carbons (Fsp3) is 1.00. The molecule has 75 heteroatoms. The van der Waals surface area contributed by atoms with Gasteiger partial charge in [0.05, 0.1) is 0 Å². The van der Waals surface area contributed by atoms with E-state index in [1.807, 2.05) is 105 Å². The molecule has 0 aromatic rings. The monoisotopic (exact) mass is 2700 g/mol. The standard InChI is InChI=1S/C69H216O37Si38/c1-107(70-108(2)72-110(4)74-112(6)76-114(8)78-116(10,11)12)71-109(3)73-111(5)75-113(7)77-115(9)79-118(16,17)81-120(20,21)83-122(24,25)85-124(28,29)87-126(32,33)89-128(36,37)91-130(40,41)93-132(44,45)95-134(48,49)97-136(52,53)99-138(56,57)101-140(60,61)103-142(64,65)105-144(68,69)106-143(66,67)104-141(62,63)102-139(58,59)100-137(54,55)98-135(50,51)96-133(46,47)94-131(42,43)92-129(38,39)90-127(34,35)88-125(30,31)86-123(26,27)84-121(22,23)82-119(18,19)80-117(13,14)15/h107-115H,1-69H3. The molecular weight excluding hydrogens is 2490 g/mol. The average Bonchev–Trinajstić information content (AvgIpc) is 0.765. The van der Waals surface area contributed by atoms with E-state index in [1.165, 1.54) is 0 Å². The Balaban J connectivity index is 5.83. The first-order chi connectivity index (χ1) is 62.3. The largest absolute Gasteiger partial charge is 0.439 e. The first kappa shape index (κ1) is 151. The van der Waals surface area contributed by atoms with Gasteiger partial charge >= 0.3 is 231 Å². The van der Waals surface area contributed by atoms with Gasteiger partial charge in [0.15, 0.2) is 16.6 Å². The quantitative estimate of drug-likeness (QED) is 0.0510. The van der Waals surface area contributed by atoms with E-state index >= 15 is 0 Å². The average molecular weight is 2710 g/mol. The van der Waals surface area contributed by atoms with Crippen LogP contribution in [0.3, 0.4) is 0 Å². The van der Waals surface area contributed by atoms with E-state index in [1.54, 1.807) is 0 Å². The summed E-state index contributed by atoms with van der Waals surface area (Å²) in [5.74, 6) is 0. The van der Waals surface area contributed by atoms with Crippen LogP contribution in [-0.2, 0) is 152 Å². The Labute approximate surface area is 926 Å². The summed E-state index contributed by atoms with van der Waals surface area (Å²) in [5.41, 5.74) is 0. The third-order valence-electron chi connectivity index (χ3n) is 17.4. The van der Waals surface area contributed by atoms with Gasteiger partial charge < -0.3 is 152 Å². The van der Waals surface area contributed by atoms with Crippen LogP contribution in [0.4, 0.5) is 0 Å². The van der Waals surface area contributed by atoms with Gasteiger partial charge in [0.25, 0.3) is 83.6 Å². The molecule has 9 unspecified atom stereocenters. The molecule has 9 atom stereocenters. The van der Waals surface area contributed by atoms with Gasteiger partial charge in [0, 0.05) is 0 Å². The maximum absolute atomic E-state index is 7.05. The Bertz CT molecular complexity index is 3780. The summed E-state index contributed by atoms with van der Waals surface area (Å²) in [7, 11) is -99.3. The van der Waals surface area contributed by atoms with E-state index in [-0.39, 0.29) is 0 Å². The molecule has 0 saturated carbocycles. The third-order valence-corrected chi connectivity index (χ3v) is 156. The second-order valence-corrected chi connectivity index (χ2v) is 178. The van der Waals surface area contributed by atoms with Gasteiger partial charge in [-0.25, -0.2) is 0 Å². The van der Waals surface area contributed by atoms with Gasteiger partial charge in [0.2, 0.25) is 0 Å². The number of hydrogen-bond acceptors (Lipinski definition) is 37. The van der Waals surface area contributed by atoms with Crippen LogP contribution < -0.4 is 0 Å². The van der Waals surface area contributed by atoms with E-state index in [0.717, 1.165) is 0 Å². The molecule has 0 aliphatic heterocycles. The van der Waals surface area contributed by atoms with Gasteiger partial charge in [-0.3, -0.25) is 0 Å². The van der Waals surface area contributed by atoms with Gasteiger partial charge in [-0.2, -0.15) is 0 Å². The van der Waals surface area contributed by atoms with E-state index in [9.17, 15) is 0 Å². The first-order valence-corrected chi connectivity index (χ1v) is 153. The van der Waals surface area contributed by atoms with E-state index in [2.05, 4.69) is 347 Å². The lowest BCUT2D eigenvalue weighted by Gasteiger charge is -2.45. The molecule has 37 nitrogen and oxygen atoms in total. The fourth-order valence-electron chi connectivity index (χ4n) is 20.0. The molecule has 866 valence electrons. The molecule has 0 heterocycles. The second kappa shape index (κ2) is 55.3. The van der Waals surface area contributed by atoms with Crippen molar-refractivity contribution in [1.29, 1.82) is 0 Å². The molecule has 0 rings (SSSR count). The highest BCUT2D eigenvalue weighted by Crippen LogP contribution is 2.39. The Hall–Kier alpha value is 6.76. The Morgan fingerprint density at radius 2 is 0.160 bits per heavy atom. The molecule has 0 aromatic carbocycles. The zero-order valence-electron chi connectivity index (χ0n) is 104. The summed E-state index contributed by atoms with van der Waals surface area (Å²) in [6.07, 6.45) is 0. The summed E-state index contributed by atoms with van der Waals surface area (Å²) in [6.45, 7) is 142. The molecule has 0 aliphatic rings. The summed E-state index contributed by atoms with van der Waals surface area (Å²) in [6, 6.07) is 0. The predicted octanol–water partition coefficient (Wildman–Crippen LogP) is 20.9. The smallest absolute Gasteiger partial charge is 0.314 e. The van der Waals surface area contributed by atoms with Crippen molar-refractivity contribution < 1.29 is 152 Å². The van der Waals surface area contributed by atoms with E-state index in [4.69, 9.17) is 152 Å². The number of rotatable bonds is 74. The van der Waals surface area contributed by atoms with Gasteiger partial charge in [-0.05, 0) is 452 Å². The molecule has 144 heavy (non-hydrogen) atoms. The summed E-state index contributed by atoms with van der Waals surface area (Å²) in [5, 5.41) is 0. The first-order valence-electron chi connectivity index (χ1n) is 50.9. The molecule has 0 N–H and O–H groups in total. The van der Waals surface area contributed by atoms with Crippen molar-refractivity contribution in [3.05, 3.63) is 0 Å². The minimum absolute atomic E-state index is 1.66. The second-order valence-electron chi connectivity index (χ2n) is 51.2. The van der Waals surface area contributed by atoms with Crippen molar-refractivity contribution in [3.8, 4) is 0 Å². The van der Waals surface area contributed by atoms with Crippen molar-refractivity contribution in [2.45, 2.75) is 452 Å². The van der Waals surface area contributed by atoms with Gasteiger partial charge in [-0.1, -0.05) is 0 Å². The molecule has 0 radical (unpaired) electrons. The molecular formula is C69H216O37Si38. The van der Waals surface area contributed by atoms with Gasteiger partial charge in [-0.15, -0.1) is 0 Å². The zero-order valence-corrected chi connectivity index (χ0v) is 143. The summed E-state index contributed by atoms with van der Waals surface area (Å²) < 4.78 is 252. The van der Waals surface area contributed by atoms with Crippen LogP contribution in [0.25, 0.3) is 0 Å². The van der Waals surface area contributed by atoms with Crippen LogP contribution in [0.2, 0.25) is 452 Å². The van der Waals surface area contributed by atoms with Crippen LogP contribution in [0, 0.1) is 0 Å². The third kappa shape index (κ3) is 73.1. The minimum atomic E-state index is -2.96. The van der Waals surface area contributed by atoms with Crippen LogP contribution >= 0.6 is 0 Å². The molecule has 0 saturated heterocycles. The maximum Gasteiger partial charge on any atom is 0.314 e. The highest BCUT2D eigenvalue weighted by Gasteiger charge is 2.58. The Kier molecular flexibility index (Phi) is 57.9. The number of hydrogen-bond donors (Lipinski definition) is 0. The fourth-order valence-corrected chi connectivity index (χ4v) is 195. The van der Waals surface area contributed by atoms with Crippen molar-refractivity contribution in [1.82, 2.24) is 0 Å². The molecule has 0 fully saturated rings. The van der Waals surface area contributed by atoms with E-state index in [0.29, 0.717) is 0 Å². The Morgan fingerprint density at radius 3 is 0.250 bits per heavy atom. The Morgan fingerprint density at radius 1 is 0.0833 bits per heavy atom. The molecule has 0 aromatic heterocycles. The normalized spacial score (nSPS) is 17.6. The van der Waals surface area contributed by atoms with Crippen molar-refractivity contribution in [3.63, 3.8) is 0 Å². The van der Waals surface area contributed by atoms with Crippen LogP contribution in [0.1, 0.15) is 0 Å². The van der Waals surface area contributed by atoms with Crippen molar-refractivity contribution >= 4 is 331 Å². The SMILES string of the molecule is C[SiH](O[SiH](C)O[SiH](C)O[SiH](C)O[SiH](C)O[Si](C)(C)C)O[SiH](C)O[SiH](C)O[SiH](C)O[SiH](C)O[Si](C)(C)O[Si](C)(C)O[Si](C)(C)O[Si](C)(C)O[Si](C)(C)O[Si](C)(C)O[Si](C)(C)O[Si](C)(C)O[Si](C)(C)O[Si](C)(C)O[Si](C)(C)O[Si](C)(C)O[Si](C)(C)O[Si](C)(C)O[Si](C)(C)O[Si](C)(C)O[Si](C)(C)O[Si](C)(C)O[Si](C)(C)O[Si](C)(C)O[Si](C)(C)O[Si](C)(C)O[Si](C)(C)O[Si](C)(C)O[Si](C)(C)O[Si](C)(C)O[Si](C)(C)O[Si](C)(C)C. The minimum Gasteiger partial charge on any atom is -0.439 e. The predicted molar refractivity (Wildman–Crippen MR) is 676 cm³/mol.